The molecule has 10 heteroatoms. The maximum atomic E-state index is 11.3. The van der Waals surface area contributed by atoms with Gasteiger partial charge in [0, 0.05) is 31.7 Å². The van der Waals surface area contributed by atoms with E-state index < -0.39 is 6.09 Å². The Morgan fingerprint density at radius 1 is 1.20 bits per heavy atom. The number of aromatic nitrogens is 4. The molecular formula is C20H30BrN7O2. The Morgan fingerprint density at radius 2 is 1.83 bits per heavy atom. The van der Waals surface area contributed by atoms with Gasteiger partial charge in [0.05, 0.1) is 11.4 Å². The molecule has 164 valence electrons. The fourth-order valence-corrected chi connectivity index (χ4v) is 5.95. The Balaban J connectivity index is 1.56. The fourth-order valence-electron chi connectivity index (χ4n) is 5.40. The average molecular weight is 480 g/mol. The van der Waals surface area contributed by atoms with Gasteiger partial charge in [0.1, 0.15) is 16.7 Å². The minimum atomic E-state index is -0.819. The first-order chi connectivity index (χ1) is 14.1. The molecule has 1 amide bonds. The predicted octanol–water partition coefficient (Wildman–Crippen LogP) is 3.37. The molecule has 4 rings (SSSR count). The number of halogens is 1. The topological polar surface area (TPSA) is 113 Å². The van der Waals surface area contributed by atoms with E-state index in [0.29, 0.717) is 23.5 Å². The van der Waals surface area contributed by atoms with E-state index in [-0.39, 0.29) is 17.0 Å². The summed E-state index contributed by atoms with van der Waals surface area (Å²) in [6.07, 6.45) is 4.72. The van der Waals surface area contributed by atoms with Crippen LogP contribution >= 0.6 is 15.9 Å². The number of anilines is 1. The zero-order valence-corrected chi connectivity index (χ0v) is 19.4. The van der Waals surface area contributed by atoms with Gasteiger partial charge >= 0.3 is 6.09 Å². The molecule has 9 nitrogen and oxygen atoms in total. The van der Waals surface area contributed by atoms with Gasteiger partial charge in [-0.1, -0.05) is 20.8 Å². The lowest BCUT2D eigenvalue weighted by atomic mass is 9.63. The van der Waals surface area contributed by atoms with Gasteiger partial charge in [0.25, 0.3) is 0 Å². The molecule has 3 N–H and O–H groups in total. The maximum Gasteiger partial charge on any atom is 0.407 e. The van der Waals surface area contributed by atoms with Gasteiger partial charge in [-0.3, -0.25) is 4.90 Å². The van der Waals surface area contributed by atoms with Crippen LogP contribution in [0.1, 0.15) is 52.5 Å². The van der Waals surface area contributed by atoms with Crippen LogP contribution in [0.5, 0.6) is 0 Å². The molecular weight excluding hydrogens is 450 g/mol. The summed E-state index contributed by atoms with van der Waals surface area (Å²) in [5.74, 6) is 0.439. The molecule has 3 heterocycles. The van der Waals surface area contributed by atoms with Gasteiger partial charge in [-0.25, -0.2) is 19.4 Å². The number of carboxylic acid groups (broad SMARTS) is 1. The highest BCUT2D eigenvalue weighted by molar-refractivity contribution is 9.10. The molecule has 2 aliphatic rings. The normalized spacial score (nSPS) is 26.3. The first-order valence-electron chi connectivity index (χ1n) is 10.5. The molecule has 1 aliphatic carbocycles. The van der Waals surface area contributed by atoms with Crippen LogP contribution in [0, 0.1) is 5.41 Å². The number of rotatable bonds is 2. The molecule has 1 aliphatic heterocycles. The lowest BCUT2D eigenvalue weighted by molar-refractivity contribution is -0.0644. The molecule has 0 aromatic carbocycles. The van der Waals surface area contributed by atoms with Crippen molar-refractivity contribution in [3.05, 3.63) is 10.9 Å². The van der Waals surface area contributed by atoms with Crippen LogP contribution in [0.3, 0.4) is 0 Å². The summed E-state index contributed by atoms with van der Waals surface area (Å²) >= 11 is 3.52. The first-order valence-corrected chi connectivity index (χ1v) is 11.3. The molecule has 0 unspecified atom stereocenters. The maximum absolute atomic E-state index is 11.3. The molecule has 2 aromatic rings. The second-order valence-electron chi connectivity index (χ2n) is 9.46. The van der Waals surface area contributed by atoms with Crippen LogP contribution in [0.15, 0.2) is 10.9 Å². The molecule has 30 heavy (non-hydrogen) atoms. The van der Waals surface area contributed by atoms with Crippen molar-refractivity contribution in [2.45, 2.75) is 58.0 Å². The summed E-state index contributed by atoms with van der Waals surface area (Å²) in [6.45, 7) is 9.65. The van der Waals surface area contributed by atoms with Crippen molar-refractivity contribution in [3.63, 3.8) is 0 Å². The largest absolute Gasteiger partial charge is 0.465 e. The van der Waals surface area contributed by atoms with E-state index >= 15 is 0 Å². The fraction of sp³-hybridized carbons (Fsp3) is 0.700. The molecule has 1 saturated heterocycles. The summed E-state index contributed by atoms with van der Waals surface area (Å²) < 4.78 is 2.69. The number of piperazine rings is 1. The minimum Gasteiger partial charge on any atom is -0.465 e. The Hall–Kier alpha value is -1.94. The van der Waals surface area contributed by atoms with Crippen LogP contribution in [0.2, 0.25) is 0 Å². The molecule has 1 saturated carbocycles. The number of hydrogen-bond acceptors (Lipinski definition) is 6. The van der Waals surface area contributed by atoms with Gasteiger partial charge in [0.15, 0.2) is 5.65 Å². The number of hydrogen-bond donors (Lipinski definition) is 2. The number of nitrogens with two attached hydrogens (primary N) is 1. The van der Waals surface area contributed by atoms with Crippen LogP contribution in [0.4, 0.5) is 10.6 Å². The Labute approximate surface area is 184 Å². The molecule has 0 spiro atoms. The Morgan fingerprint density at radius 3 is 2.40 bits per heavy atom. The Bertz CT molecular complexity index is 939. The van der Waals surface area contributed by atoms with Gasteiger partial charge in [0.2, 0.25) is 0 Å². The highest BCUT2D eigenvalue weighted by Gasteiger charge is 2.49. The van der Waals surface area contributed by atoms with Gasteiger partial charge in [-0.05, 0) is 47.0 Å². The molecule has 0 bridgehead atoms. The van der Waals surface area contributed by atoms with E-state index in [9.17, 15) is 9.90 Å². The second-order valence-corrected chi connectivity index (χ2v) is 10.2. The van der Waals surface area contributed by atoms with Crippen molar-refractivity contribution in [2.24, 2.45) is 5.41 Å². The highest BCUT2D eigenvalue weighted by atomic mass is 79.9. The van der Waals surface area contributed by atoms with Crippen molar-refractivity contribution in [1.82, 2.24) is 29.5 Å². The average Bonchev–Trinajstić information content (AvgIpc) is 3.05. The van der Waals surface area contributed by atoms with Crippen molar-refractivity contribution in [3.8, 4) is 0 Å². The molecule has 2 fully saturated rings. The van der Waals surface area contributed by atoms with Gasteiger partial charge in [-0.2, -0.15) is 5.10 Å². The molecule has 0 atom stereocenters. The standard InChI is InChI=1S/C20H30BrN7O2/c1-19(2,3)20(27-10-8-26(9-11-27)18(29)30)6-4-13(5-7-20)28-17-14(15(21)25-28)16(22)23-12-24-17/h12-13H,4-11H2,1-3H3,(H,29,30)(H2,22,23,24). The van der Waals surface area contributed by atoms with Crippen LogP contribution in [0.25, 0.3) is 11.0 Å². The molecule has 2 aromatic heterocycles. The number of nitrogens with zero attached hydrogens (tertiary/aromatic N) is 6. The van der Waals surface area contributed by atoms with Crippen molar-refractivity contribution < 1.29 is 9.90 Å². The van der Waals surface area contributed by atoms with Crippen molar-refractivity contribution in [2.75, 3.05) is 31.9 Å². The summed E-state index contributed by atoms with van der Waals surface area (Å²) in [6, 6.07) is 0.254. The van der Waals surface area contributed by atoms with E-state index in [1.165, 1.54) is 11.2 Å². The number of fused-ring (bicyclic) bond motifs is 1. The lowest BCUT2D eigenvalue weighted by Crippen LogP contribution is -2.64. The summed E-state index contributed by atoms with van der Waals surface area (Å²) in [5.41, 5.74) is 6.95. The van der Waals surface area contributed by atoms with Crippen molar-refractivity contribution in [1.29, 1.82) is 0 Å². The smallest absolute Gasteiger partial charge is 0.407 e. The van der Waals surface area contributed by atoms with E-state index in [4.69, 9.17) is 10.8 Å². The minimum absolute atomic E-state index is 0.0439. The van der Waals surface area contributed by atoms with E-state index in [1.54, 1.807) is 0 Å². The van der Waals surface area contributed by atoms with Crippen LogP contribution in [-0.4, -0.2) is 72.5 Å². The third-order valence-electron chi connectivity index (χ3n) is 7.16. The summed E-state index contributed by atoms with van der Waals surface area (Å²) in [7, 11) is 0. The zero-order chi connectivity index (χ0) is 21.7. The monoisotopic (exact) mass is 479 g/mol. The summed E-state index contributed by atoms with van der Waals surface area (Å²) in [5, 5.41) is 14.8. The quantitative estimate of drug-likeness (QED) is 0.678. The SMILES string of the molecule is CC(C)(C)C1(N2CCN(C(=O)O)CC2)CCC(n2nc(Br)c3c(N)ncnc32)CC1. The number of carbonyl (C=O) groups is 1. The number of nitrogen functional groups attached to an aromatic ring is 1. The van der Waals surface area contributed by atoms with Crippen LogP contribution in [-0.2, 0) is 0 Å². The second kappa shape index (κ2) is 7.64. The van der Waals surface area contributed by atoms with E-state index in [1.807, 2.05) is 4.68 Å². The van der Waals surface area contributed by atoms with E-state index in [2.05, 4.69) is 51.6 Å². The zero-order valence-electron chi connectivity index (χ0n) is 17.8. The van der Waals surface area contributed by atoms with E-state index in [0.717, 1.165) is 49.8 Å². The molecule has 0 radical (unpaired) electrons. The third-order valence-corrected chi connectivity index (χ3v) is 7.71. The summed E-state index contributed by atoms with van der Waals surface area (Å²) in [4.78, 5) is 23.9. The first kappa shape index (κ1) is 21.3. The predicted molar refractivity (Wildman–Crippen MR) is 118 cm³/mol. The van der Waals surface area contributed by atoms with Crippen LogP contribution < -0.4 is 5.73 Å². The van der Waals surface area contributed by atoms with Gasteiger partial charge < -0.3 is 15.7 Å². The van der Waals surface area contributed by atoms with Crippen molar-refractivity contribution >= 4 is 38.9 Å². The van der Waals surface area contributed by atoms with Gasteiger partial charge in [-0.15, -0.1) is 0 Å². The Kier molecular flexibility index (Phi) is 5.42. The number of amides is 1. The highest BCUT2D eigenvalue weighted by Crippen LogP contribution is 2.49. The lowest BCUT2D eigenvalue weighted by Gasteiger charge is -2.57. The third kappa shape index (κ3) is 3.43.